The Morgan fingerprint density at radius 2 is 1.73 bits per heavy atom. The van der Waals surface area contributed by atoms with E-state index in [1.54, 1.807) is 25.3 Å². The Morgan fingerprint density at radius 1 is 1.04 bits per heavy atom. The standard InChI is InChI=1S/C19H21ClN2O4/c1-13-11-15(20)6-9-17(13)26-12-19(24)22-21-18(23)10-5-14-3-7-16(25-2)8-4-14/h3-4,6-9,11H,5,10,12H2,1-2H3,(H,21,23)(H,22,24). The summed E-state index contributed by atoms with van der Waals surface area (Å²) in [5, 5.41) is 0.600. The SMILES string of the molecule is COc1ccc(CCC(=O)NNC(=O)COc2ccc(Cl)cc2C)cc1. The first-order valence-corrected chi connectivity index (χ1v) is 8.45. The summed E-state index contributed by atoms with van der Waals surface area (Å²) < 4.78 is 10.5. The zero-order valence-electron chi connectivity index (χ0n) is 14.7. The number of carbonyl (C=O) groups is 2. The van der Waals surface area contributed by atoms with Gasteiger partial charge in [0.15, 0.2) is 6.61 Å². The van der Waals surface area contributed by atoms with Gasteiger partial charge in [-0.25, -0.2) is 0 Å². The number of hydrazine groups is 1. The van der Waals surface area contributed by atoms with Crippen molar-refractivity contribution in [3.63, 3.8) is 0 Å². The van der Waals surface area contributed by atoms with Crippen LogP contribution in [0.1, 0.15) is 17.5 Å². The van der Waals surface area contributed by atoms with E-state index in [0.717, 1.165) is 16.9 Å². The Hall–Kier alpha value is -2.73. The second kappa shape index (κ2) is 9.68. The van der Waals surface area contributed by atoms with Crippen molar-refractivity contribution in [2.45, 2.75) is 19.8 Å². The van der Waals surface area contributed by atoms with Crippen LogP contribution < -0.4 is 20.3 Å². The minimum absolute atomic E-state index is 0.207. The van der Waals surface area contributed by atoms with Gasteiger partial charge < -0.3 is 9.47 Å². The van der Waals surface area contributed by atoms with Crippen molar-refractivity contribution in [1.82, 2.24) is 10.9 Å². The number of ether oxygens (including phenoxy) is 2. The highest BCUT2D eigenvalue weighted by molar-refractivity contribution is 6.30. The number of rotatable bonds is 7. The first kappa shape index (κ1) is 19.6. The summed E-state index contributed by atoms with van der Waals surface area (Å²) in [5.41, 5.74) is 6.54. The van der Waals surface area contributed by atoms with E-state index in [2.05, 4.69) is 10.9 Å². The number of halogens is 1. The molecule has 0 aliphatic carbocycles. The minimum Gasteiger partial charge on any atom is -0.497 e. The molecule has 0 bridgehead atoms. The normalized spacial score (nSPS) is 10.1. The van der Waals surface area contributed by atoms with E-state index < -0.39 is 5.91 Å². The maximum absolute atomic E-state index is 11.8. The van der Waals surface area contributed by atoms with Crippen molar-refractivity contribution in [1.29, 1.82) is 0 Å². The summed E-state index contributed by atoms with van der Waals surface area (Å²) in [6.07, 6.45) is 0.815. The van der Waals surface area contributed by atoms with E-state index in [9.17, 15) is 9.59 Å². The molecular formula is C19H21ClN2O4. The molecule has 2 rings (SSSR count). The highest BCUT2D eigenvalue weighted by atomic mass is 35.5. The molecule has 0 fully saturated rings. The van der Waals surface area contributed by atoms with Gasteiger partial charge in [-0.15, -0.1) is 0 Å². The molecule has 0 spiro atoms. The summed E-state index contributed by atoms with van der Waals surface area (Å²) in [7, 11) is 1.60. The molecule has 0 radical (unpaired) electrons. The van der Waals surface area contributed by atoms with E-state index in [0.29, 0.717) is 17.2 Å². The minimum atomic E-state index is -0.447. The lowest BCUT2D eigenvalue weighted by molar-refractivity contribution is -0.130. The summed E-state index contributed by atoms with van der Waals surface area (Å²) in [6, 6.07) is 12.6. The summed E-state index contributed by atoms with van der Waals surface area (Å²) in [6.45, 7) is 1.63. The maximum atomic E-state index is 11.8. The molecule has 0 aromatic heterocycles. The van der Waals surface area contributed by atoms with Gasteiger partial charge in [-0.1, -0.05) is 23.7 Å². The molecule has 2 aromatic rings. The van der Waals surface area contributed by atoms with Crippen molar-refractivity contribution in [3.8, 4) is 11.5 Å². The quantitative estimate of drug-likeness (QED) is 0.728. The van der Waals surface area contributed by atoms with Gasteiger partial charge in [-0.05, 0) is 54.8 Å². The molecule has 0 aliphatic heterocycles. The average molecular weight is 377 g/mol. The number of nitrogens with one attached hydrogen (secondary N) is 2. The Labute approximate surface area is 157 Å². The van der Waals surface area contributed by atoms with Gasteiger partial charge in [0.05, 0.1) is 7.11 Å². The fraction of sp³-hybridized carbons (Fsp3) is 0.263. The Morgan fingerprint density at radius 3 is 2.38 bits per heavy atom. The molecule has 2 aromatic carbocycles. The van der Waals surface area contributed by atoms with Gasteiger partial charge in [0.1, 0.15) is 11.5 Å². The summed E-state index contributed by atoms with van der Waals surface area (Å²) in [5.74, 6) is 0.603. The van der Waals surface area contributed by atoms with E-state index in [1.165, 1.54) is 0 Å². The lowest BCUT2D eigenvalue weighted by Gasteiger charge is -2.10. The van der Waals surface area contributed by atoms with E-state index in [-0.39, 0.29) is 18.9 Å². The van der Waals surface area contributed by atoms with Crippen LogP contribution in [-0.4, -0.2) is 25.5 Å². The predicted molar refractivity (Wildman–Crippen MR) is 99.3 cm³/mol. The average Bonchev–Trinajstić information content (AvgIpc) is 2.64. The van der Waals surface area contributed by atoms with Gasteiger partial charge in [0, 0.05) is 11.4 Å². The fourth-order valence-electron chi connectivity index (χ4n) is 2.21. The zero-order valence-corrected chi connectivity index (χ0v) is 15.4. The third kappa shape index (κ3) is 6.29. The smallest absolute Gasteiger partial charge is 0.276 e. The third-order valence-electron chi connectivity index (χ3n) is 3.64. The van der Waals surface area contributed by atoms with Crippen LogP contribution in [0, 0.1) is 6.92 Å². The van der Waals surface area contributed by atoms with Gasteiger partial charge in [-0.3, -0.25) is 20.4 Å². The fourth-order valence-corrected chi connectivity index (χ4v) is 2.43. The molecule has 0 unspecified atom stereocenters. The summed E-state index contributed by atoms with van der Waals surface area (Å²) >= 11 is 5.86. The Balaban J connectivity index is 1.68. The van der Waals surface area contributed by atoms with Crippen molar-refractivity contribution in [2.24, 2.45) is 0 Å². The summed E-state index contributed by atoms with van der Waals surface area (Å²) in [4.78, 5) is 23.6. The van der Waals surface area contributed by atoms with Crippen molar-refractivity contribution in [2.75, 3.05) is 13.7 Å². The number of aryl methyl sites for hydroxylation is 2. The maximum Gasteiger partial charge on any atom is 0.276 e. The van der Waals surface area contributed by atoms with E-state index in [1.807, 2.05) is 31.2 Å². The van der Waals surface area contributed by atoms with Crippen LogP contribution in [0.15, 0.2) is 42.5 Å². The molecule has 6 nitrogen and oxygen atoms in total. The highest BCUT2D eigenvalue weighted by Gasteiger charge is 2.07. The van der Waals surface area contributed by atoms with Gasteiger partial charge >= 0.3 is 0 Å². The lowest BCUT2D eigenvalue weighted by atomic mass is 10.1. The van der Waals surface area contributed by atoms with Crippen LogP contribution in [0.5, 0.6) is 11.5 Å². The van der Waals surface area contributed by atoms with Gasteiger partial charge in [-0.2, -0.15) is 0 Å². The first-order valence-electron chi connectivity index (χ1n) is 8.07. The Bertz CT molecular complexity index is 763. The molecule has 7 heteroatoms. The largest absolute Gasteiger partial charge is 0.497 e. The zero-order chi connectivity index (χ0) is 18.9. The number of hydrogen-bond donors (Lipinski definition) is 2. The van der Waals surface area contributed by atoms with Crippen LogP contribution >= 0.6 is 11.6 Å². The molecule has 0 atom stereocenters. The van der Waals surface area contributed by atoms with Crippen LogP contribution in [-0.2, 0) is 16.0 Å². The predicted octanol–water partition coefficient (Wildman–Crippen LogP) is 2.82. The molecule has 2 N–H and O–H groups in total. The lowest BCUT2D eigenvalue weighted by Crippen LogP contribution is -2.43. The van der Waals surface area contributed by atoms with Crippen LogP contribution in [0.4, 0.5) is 0 Å². The molecule has 2 amide bonds. The molecule has 26 heavy (non-hydrogen) atoms. The number of amides is 2. The van der Waals surface area contributed by atoms with Crippen LogP contribution in [0.25, 0.3) is 0 Å². The molecule has 0 heterocycles. The molecule has 0 aliphatic rings. The topological polar surface area (TPSA) is 76.7 Å². The van der Waals surface area contributed by atoms with E-state index >= 15 is 0 Å². The van der Waals surface area contributed by atoms with Crippen molar-refractivity contribution >= 4 is 23.4 Å². The number of benzene rings is 2. The van der Waals surface area contributed by atoms with Gasteiger partial charge in [0.25, 0.3) is 5.91 Å². The third-order valence-corrected chi connectivity index (χ3v) is 3.87. The number of hydrogen-bond acceptors (Lipinski definition) is 4. The van der Waals surface area contributed by atoms with E-state index in [4.69, 9.17) is 21.1 Å². The molecule has 138 valence electrons. The first-order chi connectivity index (χ1) is 12.5. The second-order valence-corrected chi connectivity index (χ2v) is 6.08. The molecule has 0 saturated carbocycles. The highest BCUT2D eigenvalue weighted by Crippen LogP contribution is 2.21. The monoisotopic (exact) mass is 376 g/mol. The van der Waals surface area contributed by atoms with Crippen LogP contribution in [0.2, 0.25) is 5.02 Å². The van der Waals surface area contributed by atoms with Crippen LogP contribution in [0.3, 0.4) is 0 Å². The van der Waals surface area contributed by atoms with Crippen molar-refractivity contribution < 1.29 is 19.1 Å². The van der Waals surface area contributed by atoms with Crippen molar-refractivity contribution in [3.05, 3.63) is 58.6 Å². The molecular weight excluding hydrogens is 356 g/mol. The Kier molecular flexibility index (Phi) is 7.29. The van der Waals surface area contributed by atoms with Gasteiger partial charge in [0.2, 0.25) is 5.91 Å². The molecule has 0 saturated heterocycles. The number of carbonyl (C=O) groups excluding carboxylic acids is 2. The number of methoxy groups -OCH3 is 1. The second-order valence-electron chi connectivity index (χ2n) is 5.64.